The van der Waals surface area contributed by atoms with Crippen molar-refractivity contribution in [2.24, 2.45) is 0 Å². The Bertz CT molecular complexity index is 773. The molecule has 0 saturated heterocycles. The van der Waals surface area contributed by atoms with Crippen LogP contribution in [-0.4, -0.2) is 9.97 Å². The van der Waals surface area contributed by atoms with Gasteiger partial charge in [-0.2, -0.15) is 10.2 Å². The molecule has 0 spiro atoms. The molecule has 0 aliphatic carbocycles. The van der Waals surface area contributed by atoms with E-state index in [0.29, 0.717) is 16.7 Å². The number of nitrogens with one attached hydrogen (secondary N) is 1. The molecule has 92 valence electrons. The van der Waals surface area contributed by atoms with E-state index >= 15 is 0 Å². The summed E-state index contributed by atoms with van der Waals surface area (Å²) >= 11 is 7.61. The minimum atomic E-state index is 0.441. The van der Waals surface area contributed by atoms with E-state index in [4.69, 9.17) is 16.9 Å². The third-order valence-corrected chi connectivity index (χ3v) is 3.83. The number of nitriles is 1. The minimum Gasteiger partial charge on any atom is -0.324 e. The molecule has 0 atom stereocenters. The summed E-state index contributed by atoms with van der Waals surface area (Å²) in [5.74, 6) is 0.445. The van der Waals surface area contributed by atoms with Crippen LogP contribution < -0.4 is 5.32 Å². The van der Waals surface area contributed by atoms with Gasteiger partial charge in [0, 0.05) is 5.69 Å². The normalized spacial score (nSPS) is 10.3. The number of anilines is 2. The summed E-state index contributed by atoms with van der Waals surface area (Å²) in [4.78, 5) is 8.57. The van der Waals surface area contributed by atoms with E-state index in [-0.39, 0.29) is 0 Å². The second kappa shape index (κ2) is 4.84. The summed E-state index contributed by atoms with van der Waals surface area (Å²) < 4.78 is 0.882. The monoisotopic (exact) mass is 286 g/mol. The zero-order valence-corrected chi connectivity index (χ0v) is 11.2. The van der Waals surface area contributed by atoms with Crippen LogP contribution in [0.5, 0.6) is 0 Å². The van der Waals surface area contributed by atoms with Gasteiger partial charge < -0.3 is 5.32 Å². The van der Waals surface area contributed by atoms with Crippen molar-refractivity contribution in [3.8, 4) is 6.07 Å². The standard InChI is InChI=1S/C13H7ClN4S/c14-12-11-10(5-6-19-11)17-13(18-12)16-9-3-1-8(7-15)2-4-9/h1-6H,(H,16,17,18). The van der Waals surface area contributed by atoms with Crippen molar-refractivity contribution in [2.45, 2.75) is 0 Å². The molecule has 2 aromatic heterocycles. The van der Waals surface area contributed by atoms with Crippen molar-refractivity contribution in [1.82, 2.24) is 9.97 Å². The highest BCUT2D eigenvalue weighted by Crippen LogP contribution is 2.27. The van der Waals surface area contributed by atoms with Crippen molar-refractivity contribution in [2.75, 3.05) is 5.32 Å². The lowest BCUT2D eigenvalue weighted by molar-refractivity contribution is 1.22. The summed E-state index contributed by atoms with van der Waals surface area (Å²) in [6.07, 6.45) is 0. The van der Waals surface area contributed by atoms with Crippen molar-refractivity contribution >= 4 is 44.8 Å². The summed E-state index contributed by atoms with van der Waals surface area (Å²) in [6, 6.07) is 11.0. The molecule has 0 fully saturated rings. The highest BCUT2D eigenvalue weighted by molar-refractivity contribution is 7.17. The lowest BCUT2D eigenvalue weighted by atomic mass is 10.2. The van der Waals surface area contributed by atoms with Gasteiger partial charge in [-0.15, -0.1) is 11.3 Å². The minimum absolute atomic E-state index is 0.441. The summed E-state index contributed by atoms with van der Waals surface area (Å²) in [6.45, 7) is 0. The van der Waals surface area contributed by atoms with Crippen molar-refractivity contribution in [3.05, 3.63) is 46.4 Å². The lowest BCUT2D eigenvalue weighted by Gasteiger charge is -2.05. The van der Waals surface area contributed by atoms with Crippen molar-refractivity contribution in [1.29, 1.82) is 5.26 Å². The molecular formula is C13H7ClN4S. The van der Waals surface area contributed by atoms with Gasteiger partial charge in [0.2, 0.25) is 5.95 Å². The number of rotatable bonds is 2. The van der Waals surface area contributed by atoms with Gasteiger partial charge in [0.15, 0.2) is 5.15 Å². The SMILES string of the molecule is N#Cc1ccc(Nc2nc(Cl)c3sccc3n2)cc1. The Labute approximate surface area is 118 Å². The number of aromatic nitrogens is 2. The van der Waals surface area contributed by atoms with E-state index in [1.54, 1.807) is 24.3 Å². The third-order valence-electron chi connectivity index (χ3n) is 2.53. The number of thiophene rings is 1. The van der Waals surface area contributed by atoms with E-state index in [0.717, 1.165) is 15.9 Å². The van der Waals surface area contributed by atoms with Crippen LogP contribution in [0.2, 0.25) is 5.15 Å². The quantitative estimate of drug-likeness (QED) is 0.724. The van der Waals surface area contributed by atoms with Crippen LogP contribution in [0.4, 0.5) is 11.6 Å². The van der Waals surface area contributed by atoms with E-state index < -0.39 is 0 Å². The maximum atomic E-state index is 8.74. The zero-order valence-electron chi connectivity index (χ0n) is 9.59. The number of hydrogen-bond donors (Lipinski definition) is 1. The third kappa shape index (κ3) is 2.36. The Morgan fingerprint density at radius 3 is 2.68 bits per heavy atom. The average molecular weight is 287 g/mol. The molecule has 3 rings (SSSR count). The van der Waals surface area contributed by atoms with Crippen molar-refractivity contribution < 1.29 is 0 Å². The Hall–Kier alpha value is -2.16. The maximum absolute atomic E-state index is 8.74. The summed E-state index contributed by atoms with van der Waals surface area (Å²) in [7, 11) is 0. The first-order valence-corrected chi connectivity index (χ1v) is 6.70. The summed E-state index contributed by atoms with van der Waals surface area (Å²) in [5, 5.41) is 14.2. The molecule has 0 unspecified atom stereocenters. The topological polar surface area (TPSA) is 61.6 Å². The molecule has 1 aromatic carbocycles. The fourth-order valence-corrected chi connectivity index (χ4v) is 2.66. The van der Waals surface area contributed by atoms with Crippen molar-refractivity contribution in [3.63, 3.8) is 0 Å². The molecule has 3 aromatic rings. The first-order valence-electron chi connectivity index (χ1n) is 5.44. The van der Waals surface area contributed by atoms with Gasteiger partial charge in [-0.05, 0) is 35.7 Å². The van der Waals surface area contributed by atoms with Gasteiger partial charge >= 0.3 is 0 Å². The van der Waals surface area contributed by atoms with Crippen LogP contribution in [0.1, 0.15) is 5.56 Å². The van der Waals surface area contributed by atoms with Gasteiger partial charge in [-0.25, -0.2) is 4.98 Å². The van der Waals surface area contributed by atoms with Crippen LogP contribution in [0.15, 0.2) is 35.7 Å². The Kier molecular flexibility index (Phi) is 3.03. The highest BCUT2D eigenvalue weighted by Gasteiger charge is 2.07. The second-order valence-electron chi connectivity index (χ2n) is 3.79. The van der Waals surface area contributed by atoms with Gasteiger partial charge in [-0.3, -0.25) is 0 Å². The Morgan fingerprint density at radius 2 is 1.95 bits per heavy atom. The fraction of sp³-hybridized carbons (Fsp3) is 0. The molecule has 1 N–H and O–H groups in total. The molecule has 0 saturated carbocycles. The summed E-state index contributed by atoms with van der Waals surface area (Å²) in [5.41, 5.74) is 2.24. The Morgan fingerprint density at radius 1 is 1.16 bits per heavy atom. The number of halogens is 1. The number of hydrogen-bond acceptors (Lipinski definition) is 5. The van der Waals surface area contributed by atoms with E-state index in [1.165, 1.54) is 11.3 Å². The molecule has 0 radical (unpaired) electrons. The van der Waals surface area contributed by atoms with Gasteiger partial charge in [0.05, 0.1) is 21.8 Å². The van der Waals surface area contributed by atoms with Gasteiger partial charge in [-0.1, -0.05) is 11.6 Å². The van der Waals surface area contributed by atoms with Crippen LogP contribution in [0, 0.1) is 11.3 Å². The van der Waals surface area contributed by atoms with Crippen LogP contribution in [-0.2, 0) is 0 Å². The fourth-order valence-electron chi connectivity index (χ4n) is 1.64. The molecule has 19 heavy (non-hydrogen) atoms. The molecule has 4 nitrogen and oxygen atoms in total. The molecule has 0 amide bonds. The van der Waals surface area contributed by atoms with E-state index in [9.17, 15) is 0 Å². The number of fused-ring (bicyclic) bond motifs is 1. The van der Waals surface area contributed by atoms with Crippen LogP contribution in [0.3, 0.4) is 0 Å². The van der Waals surface area contributed by atoms with Crippen LogP contribution in [0.25, 0.3) is 10.2 Å². The molecule has 2 heterocycles. The predicted octanol–water partition coefficient (Wildman–Crippen LogP) is 3.96. The first-order chi connectivity index (χ1) is 9.26. The molecule has 0 aliphatic rings. The second-order valence-corrected chi connectivity index (χ2v) is 5.06. The molecule has 0 aliphatic heterocycles. The van der Waals surface area contributed by atoms with Crippen LogP contribution >= 0.6 is 22.9 Å². The maximum Gasteiger partial charge on any atom is 0.229 e. The highest BCUT2D eigenvalue weighted by atomic mass is 35.5. The van der Waals surface area contributed by atoms with Gasteiger partial charge in [0.1, 0.15) is 0 Å². The molecular weight excluding hydrogens is 280 g/mol. The largest absolute Gasteiger partial charge is 0.324 e. The predicted molar refractivity (Wildman–Crippen MR) is 76.9 cm³/mol. The lowest BCUT2D eigenvalue weighted by Crippen LogP contribution is -1.97. The first kappa shape index (κ1) is 11.9. The average Bonchev–Trinajstić information content (AvgIpc) is 2.88. The van der Waals surface area contributed by atoms with Gasteiger partial charge in [0.25, 0.3) is 0 Å². The number of benzene rings is 1. The molecule has 0 bridgehead atoms. The zero-order chi connectivity index (χ0) is 13.2. The molecule has 6 heteroatoms. The van der Waals surface area contributed by atoms with E-state index in [1.807, 2.05) is 11.4 Å². The Balaban J connectivity index is 1.94. The smallest absolute Gasteiger partial charge is 0.229 e. The number of nitrogens with zero attached hydrogens (tertiary/aromatic N) is 3. The van der Waals surface area contributed by atoms with E-state index in [2.05, 4.69) is 21.4 Å².